The van der Waals surface area contributed by atoms with Crippen LogP contribution in [0.3, 0.4) is 0 Å². The van der Waals surface area contributed by atoms with E-state index in [1.165, 1.54) is 0 Å². The van der Waals surface area contributed by atoms with Crippen molar-refractivity contribution in [1.29, 1.82) is 0 Å². The number of fused-ring (bicyclic) bond motifs is 1. The Morgan fingerprint density at radius 1 is 1.15 bits per heavy atom. The second kappa shape index (κ2) is 7.32. The number of halogens is 1. The minimum atomic E-state index is -0.148. The molecule has 0 fully saturated rings. The number of benzene rings is 1. The van der Waals surface area contributed by atoms with E-state index >= 15 is 0 Å². The molecule has 3 aromatic heterocycles. The van der Waals surface area contributed by atoms with E-state index in [-0.39, 0.29) is 5.91 Å². The van der Waals surface area contributed by atoms with Gasteiger partial charge < -0.3 is 5.32 Å². The van der Waals surface area contributed by atoms with E-state index in [0.717, 1.165) is 27.3 Å². The van der Waals surface area contributed by atoms with Gasteiger partial charge in [0.05, 0.1) is 23.1 Å². The summed E-state index contributed by atoms with van der Waals surface area (Å²) in [5.74, 6) is 0.665. The number of pyridine rings is 1. The highest BCUT2D eigenvalue weighted by atomic mass is 79.9. The Morgan fingerprint density at radius 2 is 1.96 bits per heavy atom. The molecule has 0 aliphatic heterocycles. The van der Waals surface area contributed by atoms with Crippen LogP contribution < -0.4 is 5.32 Å². The van der Waals surface area contributed by atoms with Gasteiger partial charge in [0.25, 0.3) is 5.91 Å². The van der Waals surface area contributed by atoms with Crippen molar-refractivity contribution in [2.75, 3.05) is 6.54 Å². The lowest BCUT2D eigenvalue weighted by molar-refractivity contribution is 0.0953. The van der Waals surface area contributed by atoms with Gasteiger partial charge in [0.15, 0.2) is 5.65 Å². The predicted molar refractivity (Wildman–Crippen MR) is 105 cm³/mol. The van der Waals surface area contributed by atoms with Gasteiger partial charge in [-0.3, -0.25) is 9.20 Å². The Labute approximate surface area is 164 Å². The summed E-state index contributed by atoms with van der Waals surface area (Å²) in [6.45, 7) is 2.35. The first kappa shape index (κ1) is 17.4. The molecule has 0 aliphatic rings. The zero-order valence-corrected chi connectivity index (χ0v) is 16.2. The average molecular weight is 425 g/mol. The SMILES string of the molecule is Cc1c(C(=O)NCCc2nnc3ccccn23)cnn1-c1ccc(Br)cc1. The molecular weight excluding hydrogens is 408 g/mol. The third kappa shape index (κ3) is 3.48. The molecule has 1 N–H and O–H groups in total. The largest absolute Gasteiger partial charge is 0.351 e. The first-order valence-electron chi connectivity index (χ1n) is 8.51. The molecule has 0 saturated heterocycles. The van der Waals surface area contributed by atoms with Crippen LogP contribution in [0.2, 0.25) is 0 Å². The van der Waals surface area contributed by atoms with Gasteiger partial charge in [-0.15, -0.1) is 10.2 Å². The maximum atomic E-state index is 12.5. The number of hydrogen-bond donors (Lipinski definition) is 1. The molecule has 3 heterocycles. The smallest absolute Gasteiger partial charge is 0.254 e. The van der Waals surface area contributed by atoms with Crippen molar-refractivity contribution in [3.63, 3.8) is 0 Å². The normalized spacial score (nSPS) is 11.0. The Morgan fingerprint density at radius 3 is 2.78 bits per heavy atom. The topological polar surface area (TPSA) is 77.1 Å². The summed E-state index contributed by atoms with van der Waals surface area (Å²) in [7, 11) is 0. The number of nitrogens with one attached hydrogen (secondary N) is 1. The molecule has 0 radical (unpaired) electrons. The molecule has 1 amide bonds. The molecule has 27 heavy (non-hydrogen) atoms. The summed E-state index contributed by atoms with van der Waals surface area (Å²) >= 11 is 3.42. The second-order valence-electron chi connectivity index (χ2n) is 6.08. The van der Waals surface area contributed by atoms with Crippen LogP contribution in [0.1, 0.15) is 21.9 Å². The molecule has 0 unspecified atom stereocenters. The fraction of sp³-hybridized carbons (Fsp3) is 0.158. The molecule has 7 nitrogen and oxygen atoms in total. The van der Waals surface area contributed by atoms with Gasteiger partial charge in [0, 0.05) is 23.6 Å². The molecule has 8 heteroatoms. The third-order valence-electron chi connectivity index (χ3n) is 4.34. The van der Waals surface area contributed by atoms with E-state index in [0.29, 0.717) is 18.5 Å². The van der Waals surface area contributed by atoms with Crippen molar-refractivity contribution in [1.82, 2.24) is 29.7 Å². The molecule has 4 rings (SSSR count). The van der Waals surface area contributed by atoms with Crippen LogP contribution in [0, 0.1) is 6.92 Å². The van der Waals surface area contributed by atoms with E-state index < -0.39 is 0 Å². The summed E-state index contributed by atoms with van der Waals surface area (Å²) in [5.41, 5.74) is 3.06. The lowest BCUT2D eigenvalue weighted by Gasteiger charge is -2.07. The highest BCUT2D eigenvalue weighted by Gasteiger charge is 2.15. The van der Waals surface area contributed by atoms with Crippen LogP contribution in [-0.4, -0.2) is 36.8 Å². The first-order valence-corrected chi connectivity index (χ1v) is 9.30. The maximum Gasteiger partial charge on any atom is 0.254 e. The summed E-state index contributed by atoms with van der Waals surface area (Å²) < 4.78 is 4.67. The van der Waals surface area contributed by atoms with E-state index in [1.54, 1.807) is 10.9 Å². The number of aromatic nitrogens is 5. The van der Waals surface area contributed by atoms with Crippen molar-refractivity contribution < 1.29 is 4.79 Å². The molecule has 0 aliphatic carbocycles. The van der Waals surface area contributed by atoms with Gasteiger partial charge in [-0.25, -0.2) is 4.68 Å². The van der Waals surface area contributed by atoms with Crippen molar-refractivity contribution in [2.24, 2.45) is 0 Å². The minimum Gasteiger partial charge on any atom is -0.351 e. The van der Waals surface area contributed by atoms with E-state index in [2.05, 4.69) is 36.5 Å². The molecule has 4 aromatic rings. The lowest BCUT2D eigenvalue weighted by atomic mass is 10.2. The molecular formula is C19H17BrN6O. The van der Waals surface area contributed by atoms with E-state index in [4.69, 9.17) is 0 Å². The van der Waals surface area contributed by atoms with Gasteiger partial charge in [0.1, 0.15) is 5.82 Å². The second-order valence-corrected chi connectivity index (χ2v) is 7.00. The van der Waals surface area contributed by atoms with Crippen LogP contribution in [-0.2, 0) is 6.42 Å². The summed E-state index contributed by atoms with van der Waals surface area (Å²) in [4.78, 5) is 12.5. The zero-order valence-electron chi connectivity index (χ0n) is 14.6. The van der Waals surface area contributed by atoms with Gasteiger partial charge in [0.2, 0.25) is 0 Å². The quantitative estimate of drug-likeness (QED) is 0.534. The molecule has 0 spiro atoms. The average Bonchev–Trinajstić information content (AvgIpc) is 3.26. The summed E-state index contributed by atoms with van der Waals surface area (Å²) in [5, 5.41) is 15.6. The first-order chi connectivity index (χ1) is 13.1. The minimum absolute atomic E-state index is 0.148. The van der Waals surface area contributed by atoms with Crippen molar-refractivity contribution in [3.05, 3.63) is 76.4 Å². The zero-order chi connectivity index (χ0) is 18.8. The molecule has 0 bridgehead atoms. The van der Waals surface area contributed by atoms with Crippen molar-refractivity contribution in [2.45, 2.75) is 13.3 Å². The number of carbonyl (C=O) groups is 1. The lowest BCUT2D eigenvalue weighted by Crippen LogP contribution is -2.26. The third-order valence-corrected chi connectivity index (χ3v) is 4.87. The van der Waals surface area contributed by atoms with Crippen LogP contribution in [0.4, 0.5) is 0 Å². The van der Waals surface area contributed by atoms with E-state index in [9.17, 15) is 4.79 Å². The number of carbonyl (C=O) groups excluding carboxylic acids is 1. The molecule has 0 atom stereocenters. The molecule has 0 saturated carbocycles. The molecule has 136 valence electrons. The summed E-state index contributed by atoms with van der Waals surface area (Å²) in [6, 6.07) is 13.5. The van der Waals surface area contributed by atoms with Crippen molar-refractivity contribution >= 4 is 27.5 Å². The molecule has 1 aromatic carbocycles. The highest BCUT2D eigenvalue weighted by Crippen LogP contribution is 2.17. The summed E-state index contributed by atoms with van der Waals surface area (Å²) in [6.07, 6.45) is 4.11. The number of rotatable bonds is 5. The van der Waals surface area contributed by atoms with Crippen LogP contribution >= 0.6 is 15.9 Å². The van der Waals surface area contributed by atoms with Crippen LogP contribution in [0.5, 0.6) is 0 Å². The Bertz CT molecular complexity index is 1100. The predicted octanol–water partition coefficient (Wildman–Crippen LogP) is 2.96. The van der Waals surface area contributed by atoms with Crippen LogP contribution in [0.15, 0.2) is 59.3 Å². The van der Waals surface area contributed by atoms with Crippen LogP contribution in [0.25, 0.3) is 11.3 Å². The monoisotopic (exact) mass is 424 g/mol. The Kier molecular flexibility index (Phi) is 4.72. The number of nitrogens with zero attached hydrogens (tertiary/aromatic N) is 5. The standard InChI is InChI=1S/C19H17BrN6O/c1-13-16(12-22-26(13)15-7-5-14(20)6-8-15)19(27)21-10-9-18-24-23-17-4-2-3-11-25(17)18/h2-8,11-12H,9-10H2,1H3,(H,21,27). The fourth-order valence-electron chi connectivity index (χ4n) is 2.92. The van der Waals surface area contributed by atoms with Gasteiger partial charge in [-0.1, -0.05) is 22.0 Å². The maximum absolute atomic E-state index is 12.5. The van der Waals surface area contributed by atoms with E-state index in [1.807, 2.05) is 60.0 Å². The highest BCUT2D eigenvalue weighted by molar-refractivity contribution is 9.10. The van der Waals surface area contributed by atoms with Crippen molar-refractivity contribution in [3.8, 4) is 5.69 Å². The number of hydrogen-bond acceptors (Lipinski definition) is 4. The van der Waals surface area contributed by atoms with Gasteiger partial charge >= 0.3 is 0 Å². The van der Waals surface area contributed by atoms with Gasteiger partial charge in [-0.2, -0.15) is 5.10 Å². The Hall–Kier alpha value is -3.00. The fourth-order valence-corrected chi connectivity index (χ4v) is 3.18. The Balaban J connectivity index is 1.43. The van der Waals surface area contributed by atoms with Gasteiger partial charge in [-0.05, 0) is 43.3 Å². The number of amides is 1.